The first-order valence-corrected chi connectivity index (χ1v) is 7.57. The highest BCUT2D eigenvalue weighted by molar-refractivity contribution is 5.69. The maximum atomic E-state index is 10.4. The van der Waals surface area contributed by atoms with Gasteiger partial charge in [0.05, 0.1) is 30.1 Å². The van der Waals surface area contributed by atoms with Crippen LogP contribution in [0.4, 0.5) is 5.69 Å². The van der Waals surface area contributed by atoms with Crippen molar-refractivity contribution in [2.75, 3.05) is 18.1 Å². The first-order valence-electron chi connectivity index (χ1n) is 7.57. The lowest BCUT2D eigenvalue weighted by Gasteiger charge is -2.44. The molecule has 4 nitrogen and oxygen atoms in total. The number of allylic oxidation sites excluding steroid dienone is 2. The van der Waals surface area contributed by atoms with Gasteiger partial charge in [-0.25, -0.2) is 0 Å². The molecule has 3 aliphatic rings. The summed E-state index contributed by atoms with van der Waals surface area (Å²) in [6, 6.07) is 7.94. The third-order valence-corrected chi connectivity index (χ3v) is 4.31. The molecule has 1 aromatic rings. The van der Waals surface area contributed by atoms with E-state index in [4.69, 9.17) is 9.47 Å². The van der Waals surface area contributed by atoms with Gasteiger partial charge in [0, 0.05) is 6.61 Å². The summed E-state index contributed by atoms with van der Waals surface area (Å²) >= 11 is 0. The number of fused-ring (bicyclic) bond motifs is 2. The van der Waals surface area contributed by atoms with Crippen molar-refractivity contribution >= 4 is 5.69 Å². The molecule has 1 aliphatic carbocycles. The zero-order valence-electron chi connectivity index (χ0n) is 11.9. The van der Waals surface area contributed by atoms with Crippen LogP contribution >= 0.6 is 0 Å². The number of rotatable bonds is 1. The first kappa shape index (κ1) is 12.9. The molecule has 0 saturated carbocycles. The van der Waals surface area contributed by atoms with E-state index in [0.29, 0.717) is 19.6 Å². The van der Waals surface area contributed by atoms with Crippen LogP contribution in [-0.2, 0) is 4.74 Å². The van der Waals surface area contributed by atoms with Gasteiger partial charge >= 0.3 is 0 Å². The molecule has 2 heterocycles. The van der Waals surface area contributed by atoms with Crippen LogP contribution < -0.4 is 9.64 Å². The quantitative estimate of drug-likeness (QED) is 0.861. The SMILES string of the molecule is O[C@H]1CCOC[C@@H]1N1C2=CCCC=C2Oc2ccccc21. The monoisotopic (exact) mass is 285 g/mol. The molecule has 0 radical (unpaired) electrons. The Kier molecular flexibility index (Phi) is 3.20. The van der Waals surface area contributed by atoms with Crippen molar-refractivity contribution in [3.63, 3.8) is 0 Å². The van der Waals surface area contributed by atoms with Crippen molar-refractivity contribution in [3.05, 3.63) is 47.9 Å². The molecular formula is C17H19NO3. The van der Waals surface area contributed by atoms with Crippen LogP contribution in [-0.4, -0.2) is 30.5 Å². The predicted octanol–water partition coefficient (Wildman–Crippen LogP) is 2.60. The molecule has 0 unspecified atom stereocenters. The van der Waals surface area contributed by atoms with Gasteiger partial charge in [-0.1, -0.05) is 18.2 Å². The van der Waals surface area contributed by atoms with Crippen LogP contribution in [0.3, 0.4) is 0 Å². The number of benzene rings is 1. The van der Waals surface area contributed by atoms with Gasteiger partial charge in [0.15, 0.2) is 5.75 Å². The minimum Gasteiger partial charge on any atom is -0.453 e. The fourth-order valence-corrected chi connectivity index (χ4v) is 3.26. The van der Waals surface area contributed by atoms with E-state index in [9.17, 15) is 5.11 Å². The Morgan fingerprint density at radius 1 is 1.14 bits per heavy atom. The first-order chi connectivity index (χ1) is 10.3. The van der Waals surface area contributed by atoms with Crippen molar-refractivity contribution in [1.82, 2.24) is 0 Å². The molecule has 4 rings (SSSR count). The van der Waals surface area contributed by atoms with Gasteiger partial charge < -0.3 is 19.5 Å². The van der Waals surface area contributed by atoms with Crippen LogP contribution in [0.2, 0.25) is 0 Å². The van der Waals surface area contributed by atoms with Crippen molar-refractivity contribution in [2.45, 2.75) is 31.4 Å². The summed E-state index contributed by atoms with van der Waals surface area (Å²) in [6.45, 7) is 1.17. The minimum atomic E-state index is -0.381. The Bertz CT molecular complexity index is 608. The molecule has 1 N–H and O–H groups in total. The molecule has 1 fully saturated rings. The van der Waals surface area contributed by atoms with Gasteiger partial charge in [0.2, 0.25) is 0 Å². The highest BCUT2D eigenvalue weighted by Crippen LogP contribution is 2.43. The van der Waals surface area contributed by atoms with E-state index in [-0.39, 0.29) is 12.1 Å². The van der Waals surface area contributed by atoms with E-state index in [2.05, 4.69) is 17.1 Å². The van der Waals surface area contributed by atoms with Crippen molar-refractivity contribution in [3.8, 4) is 5.75 Å². The molecule has 0 bridgehead atoms. The average molecular weight is 285 g/mol. The third-order valence-electron chi connectivity index (χ3n) is 4.31. The normalized spacial score (nSPS) is 28.0. The molecule has 1 aromatic carbocycles. The van der Waals surface area contributed by atoms with Crippen molar-refractivity contribution in [1.29, 1.82) is 0 Å². The largest absolute Gasteiger partial charge is 0.453 e. The lowest BCUT2D eigenvalue weighted by atomic mass is 9.99. The Morgan fingerprint density at radius 3 is 2.90 bits per heavy atom. The Hall–Kier alpha value is -1.78. The molecule has 0 amide bonds. The van der Waals surface area contributed by atoms with Gasteiger partial charge in [-0.15, -0.1) is 0 Å². The van der Waals surface area contributed by atoms with E-state index in [1.54, 1.807) is 0 Å². The maximum Gasteiger partial charge on any atom is 0.151 e. The van der Waals surface area contributed by atoms with E-state index < -0.39 is 0 Å². The second kappa shape index (κ2) is 5.20. The third kappa shape index (κ3) is 2.15. The summed E-state index contributed by atoms with van der Waals surface area (Å²) in [7, 11) is 0. The molecule has 0 spiro atoms. The van der Waals surface area contributed by atoms with Gasteiger partial charge in [0.1, 0.15) is 5.76 Å². The summed E-state index contributed by atoms with van der Waals surface area (Å²) in [4.78, 5) is 2.20. The minimum absolute atomic E-state index is 0.0587. The Labute approximate surface area is 124 Å². The van der Waals surface area contributed by atoms with Gasteiger partial charge in [-0.2, -0.15) is 0 Å². The van der Waals surface area contributed by atoms with Crippen molar-refractivity contribution < 1.29 is 14.6 Å². The van der Waals surface area contributed by atoms with Crippen LogP contribution in [0.5, 0.6) is 5.75 Å². The molecule has 4 heteroatoms. The number of hydrogen-bond donors (Lipinski definition) is 1. The molecular weight excluding hydrogens is 266 g/mol. The molecule has 0 aromatic heterocycles. The predicted molar refractivity (Wildman–Crippen MR) is 80.2 cm³/mol. The lowest BCUT2D eigenvalue weighted by Crippen LogP contribution is -2.51. The number of para-hydroxylation sites is 2. The van der Waals surface area contributed by atoms with E-state index >= 15 is 0 Å². The summed E-state index contributed by atoms with van der Waals surface area (Å²) in [5, 5.41) is 10.4. The number of aliphatic hydroxyl groups is 1. The highest BCUT2D eigenvalue weighted by atomic mass is 16.5. The van der Waals surface area contributed by atoms with E-state index in [1.165, 1.54) is 0 Å². The standard InChI is InChI=1S/C17H19NO3/c19-15-9-10-20-11-14(15)18-12-5-1-3-7-16(12)21-17-8-4-2-6-13(17)18/h1,3,5-8,14-15,19H,2,4,9-11H2/t14-,15-/m0/s1. The summed E-state index contributed by atoms with van der Waals surface area (Å²) < 4.78 is 11.6. The van der Waals surface area contributed by atoms with E-state index in [0.717, 1.165) is 35.7 Å². The second-order valence-electron chi connectivity index (χ2n) is 5.67. The Balaban J connectivity index is 1.81. The summed E-state index contributed by atoms with van der Waals surface area (Å²) in [5.41, 5.74) is 2.08. The number of anilines is 1. The lowest BCUT2D eigenvalue weighted by molar-refractivity contribution is -0.00465. The summed E-state index contributed by atoms with van der Waals surface area (Å²) in [6.07, 6.45) is 6.63. The number of aliphatic hydroxyl groups excluding tert-OH is 1. The Morgan fingerprint density at radius 2 is 2.00 bits per heavy atom. The molecule has 2 aliphatic heterocycles. The van der Waals surface area contributed by atoms with Crippen molar-refractivity contribution in [2.24, 2.45) is 0 Å². The zero-order chi connectivity index (χ0) is 14.2. The zero-order valence-corrected chi connectivity index (χ0v) is 11.9. The molecule has 110 valence electrons. The smallest absolute Gasteiger partial charge is 0.151 e. The number of nitrogens with zero attached hydrogens (tertiary/aromatic N) is 1. The van der Waals surface area contributed by atoms with Crippen LogP contribution in [0.15, 0.2) is 47.9 Å². The maximum absolute atomic E-state index is 10.4. The van der Waals surface area contributed by atoms with Crippen LogP contribution in [0.1, 0.15) is 19.3 Å². The van der Waals surface area contributed by atoms with Crippen LogP contribution in [0, 0.1) is 0 Å². The van der Waals surface area contributed by atoms with Gasteiger partial charge in [0.25, 0.3) is 0 Å². The fraction of sp³-hybridized carbons (Fsp3) is 0.412. The molecule has 1 saturated heterocycles. The fourth-order valence-electron chi connectivity index (χ4n) is 3.26. The molecule has 2 atom stereocenters. The second-order valence-corrected chi connectivity index (χ2v) is 5.67. The number of hydrogen-bond acceptors (Lipinski definition) is 4. The number of ether oxygens (including phenoxy) is 2. The topological polar surface area (TPSA) is 41.9 Å². The molecule has 21 heavy (non-hydrogen) atoms. The summed E-state index contributed by atoms with van der Waals surface area (Å²) in [5.74, 6) is 1.75. The van der Waals surface area contributed by atoms with Crippen LogP contribution in [0.25, 0.3) is 0 Å². The average Bonchev–Trinajstić information content (AvgIpc) is 2.53. The van der Waals surface area contributed by atoms with E-state index in [1.807, 2.05) is 24.3 Å². The highest BCUT2D eigenvalue weighted by Gasteiger charge is 2.37. The van der Waals surface area contributed by atoms with Gasteiger partial charge in [-0.05, 0) is 37.5 Å². The van der Waals surface area contributed by atoms with Gasteiger partial charge in [-0.3, -0.25) is 0 Å².